The van der Waals surface area contributed by atoms with E-state index in [1.165, 1.54) is 0 Å². The first-order valence-electron chi connectivity index (χ1n) is 8.12. The van der Waals surface area contributed by atoms with Crippen LogP contribution in [-0.2, 0) is 19.4 Å². The second-order valence-corrected chi connectivity index (χ2v) is 8.78. The minimum absolute atomic E-state index is 0.0537. The quantitative estimate of drug-likeness (QED) is 0.813. The number of carboxylic acid groups (broad SMARTS) is 1. The van der Waals surface area contributed by atoms with Gasteiger partial charge in [0.05, 0.1) is 17.4 Å². The van der Waals surface area contributed by atoms with Crippen LogP contribution in [0.1, 0.15) is 51.4 Å². The van der Waals surface area contributed by atoms with Crippen molar-refractivity contribution in [2.24, 2.45) is 11.8 Å². The summed E-state index contributed by atoms with van der Waals surface area (Å²) < 4.78 is 22.8. The van der Waals surface area contributed by atoms with Crippen LogP contribution in [0.3, 0.4) is 0 Å². The summed E-state index contributed by atoms with van der Waals surface area (Å²) in [7, 11) is -2.99. The number of rotatable bonds is 3. The van der Waals surface area contributed by atoms with Gasteiger partial charge in [-0.3, -0.25) is 9.59 Å². The van der Waals surface area contributed by atoms with Crippen LogP contribution in [0.15, 0.2) is 0 Å². The highest BCUT2D eigenvalue weighted by molar-refractivity contribution is 7.91. The number of hydrogen-bond donors (Lipinski definition) is 2. The lowest BCUT2D eigenvalue weighted by atomic mass is 9.86. The highest BCUT2D eigenvalue weighted by Crippen LogP contribution is 2.25. The number of nitrogens with one attached hydrogen (secondary N) is 1. The number of aliphatic carboxylic acids is 1. The smallest absolute Gasteiger partial charge is 0.308 e. The maximum absolute atomic E-state index is 12.3. The molecule has 2 rings (SSSR count). The molecule has 2 unspecified atom stereocenters. The Morgan fingerprint density at radius 1 is 0.909 bits per heavy atom. The summed E-state index contributed by atoms with van der Waals surface area (Å²) in [5.41, 5.74) is 0. The van der Waals surface area contributed by atoms with E-state index in [1.807, 2.05) is 0 Å². The second kappa shape index (κ2) is 7.44. The van der Waals surface area contributed by atoms with E-state index in [0.717, 1.165) is 25.7 Å². The first-order valence-corrected chi connectivity index (χ1v) is 9.95. The van der Waals surface area contributed by atoms with Crippen LogP contribution in [0.25, 0.3) is 0 Å². The molecule has 1 saturated carbocycles. The molecule has 0 radical (unpaired) electrons. The summed E-state index contributed by atoms with van der Waals surface area (Å²) >= 11 is 0. The Kier molecular flexibility index (Phi) is 5.83. The predicted octanol–water partition coefficient (Wildman–Crippen LogP) is 1.35. The monoisotopic (exact) mass is 331 g/mol. The topological polar surface area (TPSA) is 101 Å². The molecule has 1 aliphatic carbocycles. The van der Waals surface area contributed by atoms with Gasteiger partial charge in [-0.05, 0) is 25.7 Å². The average molecular weight is 331 g/mol. The lowest BCUT2D eigenvalue weighted by molar-refractivity contribution is -0.143. The molecule has 2 atom stereocenters. The minimum Gasteiger partial charge on any atom is -0.481 e. The summed E-state index contributed by atoms with van der Waals surface area (Å²) in [6.45, 7) is 0. The summed E-state index contributed by atoms with van der Waals surface area (Å²) in [5, 5.41) is 12.3. The Morgan fingerprint density at radius 3 is 2.09 bits per heavy atom. The van der Waals surface area contributed by atoms with Gasteiger partial charge in [-0.2, -0.15) is 0 Å². The molecule has 6 nitrogen and oxygen atoms in total. The van der Waals surface area contributed by atoms with E-state index < -0.39 is 21.7 Å². The number of carbonyl (C=O) groups is 2. The Hall–Kier alpha value is -1.11. The van der Waals surface area contributed by atoms with E-state index in [4.69, 9.17) is 0 Å². The van der Waals surface area contributed by atoms with Gasteiger partial charge >= 0.3 is 5.97 Å². The number of carbonyl (C=O) groups excluding carboxylic acids is 1. The molecule has 126 valence electrons. The molecular formula is C15H25NO5S. The van der Waals surface area contributed by atoms with Gasteiger partial charge in [0.25, 0.3) is 0 Å². The molecule has 0 aromatic heterocycles. The van der Waals surface area contributed by atoms with Crippen molar-refractivity contribution in [2.45, 2.75) is 57.4 Å². The Morgan fingerprint density at radius 2 is 1.50 bits per heavy atom. The normalized spacial score (nSPS) is 30.0. The third-order valence-electron chi connectivity index (χ3n) is 4.84. The third-order valence-corrected chi connectivity index (χ3v) is 6.55. The van der Waals surface area contributed by atoms with Crippen LogP contribution in [0, 0.1) is 11.8 Å². The van der Waals surface area contributed by atoms with Crippen molar-refractivity contribution in [3.63, 3.8) is 0 Å². The molecule has 22 heavy (non-hydrogen) atoms. The van der Waals surface area contributed by atoms with Gasteiger partial charge in [-0.15, -0.1) is 0 Å². The molecule has 1 saturated heterocycles. The van der Waals surface area contributed by atoms with E-state index in [1.54, 1.807) is 0 Å². The molecule has 2 N–H and O–H groups in total. The third kappa shape index (κ3) is 4.69. The minimum atomic E-state index is -2.99. The number of sulfone groups is 1. The molecule has 1 heterocycles. The molecule has 2 fully saturated rings. The zero-order chi connectivity index (χ0) is 16.2. The fraction of sp³-hybridized carbons (Fsp3) is 0.867. The molecule has 7 heteroatoms. The van der Waals surface area contributed by atoms with Crippen LogP contribution < -0.4 is 5.32 Å². The van der Waals surface area contributed by atoms with Crippen LogP contribution in [0.4, 0.5) is 0 Å². The maximum Gasteiger partial charge on any atom is 0.308 e. The van der Waals surface area contributed by atoms with Crippen LogP contribution >= 0.6 is 0 Å². The zero-order valence-electron chi connectivity index (χ0n) is 12.8. The molecule has 0 aromatic rings. The fourth-order valence-electron chi connectivity index (χ4n) is 3.41. The number of carboxylic acids is 1. The lowest BCUT2D eigenvalue weighted by Crippen LogP contribution is -2.47. The van der Waals surface area contributed by atoms with Crippen molar-refractivity contribution in [1.82, 2.24) is 5.32 Å². The van der Waals surface area contributed by atoms with Crippen molar-refractivity contribution in [2.75, 3.05) is 11.5 Å². The second-order valence-electron chi connectivity index (χ2n) is 6.48. The van der Waals surface area contributed by atoms with Crippen LogP contribution in [-0.4, -0.2) is 42.9 Å². The van der Waals surface area contributed by atoms with Crippen molar-refractivity contribution < 1.29 is 23.1 Å². The molecule has 0 bridgehead atoms. The highest BCUT2D eigenvalue weighted by atomic mass is 32.2. The van der Waals surface area contributed by atoms with Crippen molar-refractivity contribution in [3.8, 4) is 0 Å². The van der Waals surface area contributed by atoms with E-state index in [0.29, 0.717) is 25.7 Å². The Balaban J connectivity index is 1.96. The first kappa shape index (κ1) is 17.2. The van der Waals surface area contributed by atoms with E-state index in [9.17, 15) is 23.1 Å². The van der Waals surface area contributed by atoms with E-state index in [-0.39, 0.29) is 29.4 Å². The Bertz CT molecular complexity index is 502. The summed E-state index contributed by atoms with van der Waals surface area (Å²) in [6, 6.07) is -0.330. The van der Waals surface area contributed by atoms with Gasteiger partial charge in [0.2, 0.25) is 5.91 Å². The van der Waals surface area contributed by atoms with Crippen molar-refractivity contribution in [3.05, 3.63) is 0 Å². The predicted molar refractivity (Wildman–Crippen MR) is 82.1 cm³/mol. The molecule has 1 amide bonds. The van der Waals surface area contributed by atoms with Gasteiger partial charge in [-0.1, -0.05) is 25.7 Å². The van der Waals surface area contributed by atoms with E-state index in [2.05, 4.69) is 5.32 Å². The van der Waals surface area contributed by atoms with Gasteiger partial charge in [0.15, 0.2) is 0 Å². The van der Waals surface area contributed by atoms with Crippen molar-refractivity contribution in [1.29, 1.82) is 0 Å². The van der Waals surface area contributed by atoms with Gasteiger partial charge in [0, 0.05) is 12.0 Å². The maximum atomic E-state index is 12.3. The Labute approximate surface area is 131 Å². The van der Waals surface area contributed by atoms with Crippen LogP contribution in [0.5, 0.6) is 0 Å². The largest absolute Gasteiger partial charge is 0.481 e. The van der Waals surface area contributed by atoms with Crippen molar-refractivity contribution >= 4 is 21.7 Å². The lowest BCUT2D eigenvalue weighted by Gasteiger charge is -2.30. The number of amides is 1. The molecule has 0 spiro atoms. The fourth-order valence-corrected chi connectivity index (χ4v) is 4.90. The standard InChI is InChI=1S/C15H25NO5S/c17-14(11-7-9-22(20,21)10-8-11)16-13-6-4-2-1-3-5-12(13)15(18)19/h11-13H,1-10H2,(H,16,17)(H,18,19). The van der Waals surface area contributed by atoms with E-state index >= 15 is 0 Å². The molecule has 0 aromatic carbocycles. The molecular weight excluding hydrogens is 306 g/mol. The SMILES string of the molecule is O=C(NC1CCCCCCC1C(=O)O)C1CCS(=O)(=O)CC1. The number of hydrogen-bond acceptors (Lipinski definition) is 4. The highest BCUT2D eigenvalue weighted by Gasteiger charge is 2.33. The van der Waals surface area contributed by atoms with Gasteiger partial charge in [-0.25, -0.2) is 8.42 Å². The van der Waals surface area contributed by atoms with Gasteiger partial charge < -0.3 is 10.4 Å². The summed E-state index contributed by atoms with van der Waals surface area (Å²) in [6.07, 6.45) is 5.90. The van der Waals surface area contributed by atoms with Gasteiger partial charge in [0.1, 0.15) is 9.84 Å². The zero-order valence-corrected chi connectivity index (χ0v) is 13.6. The summed E-state index contributed by atoms with van der Waals surface area (Å²) in [4.78, 5) is 23.8. The molecule has 1 aliphatic heterocycles. The molecule has 2 aliphatic rings. The average Bonchev–Trinajstić information content (AvgIpc) is 2.41. The van der Waals surface area contributed by atoms with Crippen LogP contribution in [0.2, 0.25) is 0 Å². The summed E-state index contributed by atoms with van der Waals surface area (Å²) in [5.74, 6) is -1.75. The first-order chi connectivity index (χ1) is 10.4.